The van der Waals surface area contributed by atoms with Crippen molar-refractivity contribution in [1.82, 2.24) is 9.97 Å². The fourth-order valence-corrected chi connectivity index (χ4v) is 4.20. The summed E-state index contributed by atoms with van der Waals surface area (Å²) in [5.74, 6) is 0. The zero-order chi connectivity index (χ0) is 16.4. The minimum Gasteiger partial charge on any atom is -0.372 e. The first-order valence-electron chi connectivity index (χ1n) is 8.40. The lowest BCUT2D eigenvalue weighted by atomic mass is 10.1. The van der Waals surface area contributed by atoms with Crippen LogP contribution in [0.5, 0.6) is 0 Å². The molecule has 0 saturated carbocycles. The second-order valence-electron chi connectivity index (χ2n) is 6.35. The maximum atomic E-state index is 6.11. The van der Waals surface area contributed by atoms with Crippen molar-refractivity contribution in [2.24, 2.45) is 0 Å². The van der Waals surface area contributed by atoms with E-state index >= 15 is 0 Å². The molecule has 1 fully saturated rings. The van der Waals surface area contributed by atoms with Gasteiger partial charge in [-0.1, -0.05) is 23.5 Å². The van der Waals surface area contributed by atoms with E-state index in [0.717, 1.165) is 42.1 Å². The molecule has 3 heterocycles. The number of aryl methyl sites for hydroxylation is 1. The number of thiazole rings is 1. The van der Waals surface area contributed by atoms with Gasteiger partial charge in [-0.15, -0.1) is 0 Å². The van der Waals surface area contributed by atoms with Crippen LogP contribution in [-0.4, -0.2) is 29.2 Å². The van der Waals surface area contributed by atoms with E-state index in [0.29, 0.717) is 6.61 Å². The minimum absolute atomic E-state index is 0.257. The molecule has 1 aliphatic heterocycles. The second kappa shape index (κ2) is 6.87. The number of piperidine rings is 1. The van der Waals surface area contributed by atoms with Crippen LogP contribution in [0.15, 0.2) is 42.7 Å². The molecule has 0 bridgehead atoms. The Kier molecular flexibility index (Phi) is 4.45. The molecule has 124 valence electrons. The summed E-state index contributed by atoms with van der Waals surface area (Å²) < 4.78 is 7.38. The first-order valence-corrected chi connectivity index (χ1v) is 9.22. The molecule has 24 heavy (non-hydrogen) atoms. The summed E-state index contributed by atoms with van der Waals surface area (Å²) in [5.41, 5.74) is 3.51. The number of nitrogens with zero attached hydrogens (tertiary/aromatic N) is 3. The van der Waals surface area contributed by atoms with Crippen molar-refractivity contribution in [2.45, 2.75) is 32.5 Å². The molecular formula is C19H21N3OS. The SMILES string of the molecule is Cc1ccc2nc(N3CCCC(OCc4cccnc4)C3)sc2c1. The van der Waals surface area contributed by atoms with Gasteiger partial charge in [-0.05, 0) is 49.1 Å². The van der Waals surface area contributed by atoms with Crippen molar-refractivity contribution in [1.29, 1.82) is 0 Å². The van der Waals surface area contributed by atoms with Crippen LogP contribution in [0.3, 0.4) is 0 Å². The van der Waals surface area contributed by atoms with Crippen molar-refractivity contribution in [3.8, 4) is 0 Å². The Labute approximate surface area is 146 Å². The van der Waals surface area contributed by atoms with E-state index in [2.05, 4.69) is 41.1 Å². The number of aromatic nitrogens is 2. The molecule has 1 saturated heterocycles. The van der Waals surface area contributed by atoms with Crippen LogP contribution in [0.1, 0.15) is 24.0 Å². The van der Waals surface area contributed by atoms with Crippen LogP contribution in [0.2, 0.25) is 0 Å². The van der Waals surface area contributed by atoms with Crippen LogP contribution in [-0.2, 0) is 11.3 Å². The lowest BCUT2D eigenvalue weighted by molar-refractivity contribution is 0.0314. The standard InChI is InChI=1S/C19H21N3OS/c1-14-6-7-17-18(10-14)24-19(21-17)22-9-3-5-16(12-22)23-13-15-4-2-8-20-11-15/h2,4,6-8,10-11,16H,3,5,9,12-13H2,1H3. The Hall–Kier alpha value is -1.98. The predicted octanol–water partition coefficient (Wildman–Crippen LogP) is 4.19. The minimum atomic E-state index is 0.257. The number of hydrogen-bond acceptors (Lipinski definition) is 5. The number of pyridine rings is 1. The first-order chi connectivity index (χ1) is 11.8. The first kappa shape index (κ1) is 15.5. The summed E-state index contributed by atoms with van der Waals surface area (Å²) >= 11 is 1.78. The molecule has 1 aliphatic rings. The highest BCUT2D eigenvalue weighted by Gasteiger charge is 2.23. The van der Waals surface area contributed by atoms with Gasteiger partial charge in [0.25, 0.3) is 0 Å². The highest BCUT2D eigenvalue weighted by atomic mass is 32.1. The number of ether oxygens (including phenoxy) is 1. The summed E-state index contributed by atoms with van der Waals surface area (Å²) in [7, 11) is 0. The molecule has 1 atom stereocenters. The third-order valence-corrected chi connectivity index (χ3v) is 5.47. The number of benzene rings is 1. The predicted molar refractivity (Wildman–Crippen MR) is 98.6 cm³/mol. The fraction of sp³-hybridized carbons (Fsp3) is 0.368. The molecule has 5 heteroatoms. The van der Waals surface area contributed by atoms with Crippen molar-refractivity contribution in [2.75, 3.05) is 18.0 Å². The molecule has 0 radical (unpaired) electrons. The van der Waals surface area contributed by atoms with Crippen LogP contribution in [0.25, 0.3) is 10.2 Å². The fourth-order valence-electron chi connectivity index (χ4n) is 3.10. The van der Waals surface area contributed by atoms with Gasteiger partial charge in [0, 0.05) is 25.5 Å². The topological polar surface area (TPSA) is 38.2 Å². The largest absolute Gasteiger partial charge is 0.372 e. The molecule has 0 N–H and O–H groups in total. The molecule has 1 unspecified atom stereocenters. The summed E-state index contributed by atoms with van der Waals surface area (Å²) in [6.45, 7) is 4.73. The Bertz CT molecular complexity index is 818. The van der Waals surface area contributed by atoms with Crippen molar-refractivity contribution in [3.05, 3.63) is 53.9 Å². The van der Waals surface area contributed by atoms with Crippen molar-refractivity contribution < 1.29 is 4.74 Å². The van der Waals surface area contributed by atoms with Gasteiger partial charge >= 0.3 is 0 Å². The lowest BCUT2D eigenvalue weighted by Gasteiger charge is -2.32. The normalized spacial score (nSPS) is 18.2. The molecule has 1 aromatic carbocycles. The molecule has 4 nitrogen and oxygen atoms in total. The average Bonchev–Trinajstić information content (AvgIpc) is 3.04. The van der Waals surface area contributed by atoms with Crippen LogP contribution >= 0.6 is 11.3 Å². The van der Waals surface area contributed by atoms with E-state index in [1.165, 1.54) is 10.3 Å². The third-order valence-electron chi connectivity index (χ3n) is 4.39. The van der Waals surface area contributed by atoms with Crippen LogP contribution in [0.4, 0.5) is 5.13 Å². The quantitative estimate of drug-likeness (QED) is 0.714. The average molecular weight is 339 g/mol. The Morgan fingerprint density at radius 2 is 2.29 bits per heavy atom. The molecule has 0 amide bonds. The Balaban J connectivity index is 1.43. The second-order valence-corrected chi connectivity index (χ2v) is 7.36. The van der Waals surface area contributed by atoms with E-state index in [-0.39, 0.29) is 6.10 Å². The highest BCUT2D eigenvalue weighted by Crippen LogP contribution is 2.31. The zero-order valence-corrected chi connectivity index (χ0v) is 14.6. The van der Waals surface area contributed by atoms with Crippen molar-refractivity contribution in [3.63, 3.8) is 0 Å². The summed E-state index contributed by atoms with van der Waals surface area (Å²) in [6.07, 6.45) is 6.18. The van der Waals surface area contributed by atoms with Gasteiger partial charge in [-0.25, -0.2) is 4.98 Å². The number of fused-ring (bicyclic) bond motifs is 1. The summed E-state index contributed by atoms with van der Waals surface area (Å²) in [4.78, 5) is 11.3. The molecular weight excluding hydrogens is 318 g/mol. The van der Waals surface area contributed by atoms with E-state index in [4.69, 9.17) is 9.72 Å². The van der Waals surface area contributed by atoms with Gasteiger partial charge < -0.3 is 9.64 Å². The maximum Gasteiger partial charge on any atom is 0.186 e. The van der Waals surface area contributed by atoms with E-state index in [9.17, 15) is 0 Å². The van der Waals surface area contributed by atoms with Gasteiger partial charge in [0.2, 0.25) is 0 Å². The monoisotopic (exact) mass is 339 g/mol. The van der Waals surface area contributed by atoms with E-state index in [1.54, 1.807) is 17.5 Å². The number of anilines is 1. The Morgan fingerprint density at radius 3 is 3.17 bits per heavy atom. The molecule has 4 rings (SSSR count). The van der Waals surface area contributed by atoms with Gasteiger partial charge in [0.15, 0.2) is 5.13 Å². The van der Waals surface area contributed by atoms with Crippen LogP contribution < -0.4 is 4.90 Å². The van der Waals surface area contributed by atoms with Crippen LogP contribution in [0, 0.1) is 6.92 Å². The highest BCUT2D eigenvalue weighted by molar-refractivity contribution is 7.22. The summed E-state index contributed by atoms with van der Waals surface area (Å²) in [6, 6.07) is 10.5. The smallest absolute Gasteiger partial charge is 0.186 e. The van der Waals surface area contributed by atoms with Gasteiger partial charge in [0.05, 0.1) is 22.9 Å². The van der Waals surface area contributed by atoms with E-state index in [1.807, 2.05) is 12.3 Å². The third kappa shape index (κ3) is 3.42. The number of rotatable bonds is 4. The van der Waals surface area contributed by atoms with E-state index < -0.39 is 0 Å². The lowest BCUT2D eigenvalue weighted by Crippen LogP contribution is -2.39. The van der Waals surface area contributed by atoms with Crippen molar-refractivity contribution >= 4 is 26.7 Å². The summed E-state index contributed by atoms with van der Waals surface area (Å²) in [5, 5.41) is 1.12. The molecule has 3 aromatic rings. The Morgan fingerprint density at radius 1 is 1.33 bits per heavy atom. The maximum absolute atomic E-state index is 6.11. The molecule has 2 aromatic heterocycles. The van der Waals surface area contributed by atoms with Gasteiger partial charge in [-0.2, -0.15) is 0 Å². The van der Waals surface area contributed by atoms with Gasteiger partial charge in [-0.3, -0.25) is 4.98 Å². The number of hydrogen-bond donors (Lipinski definition) is 0. The van der Waals surface area contributed by atoms with Gasteiger partial charge in [0.1, 0.15) is 0 Å². The molecule has 0 spiro atoms. The molecule has 0 aliphatic carbocycles. The zero-order valence-electron chi connectivity index (χ0n) is 13.8.